The van der Waals surface area contributed by atoms with E-state index in [-0.39, 0.29) is 11.5 Å². The van der Waals surface area contributed by atoms with E-state index in [1.807, 2.05) is 0 Å². The third kappa shape index (κ3) is 6.39. The van der Waals surface area contributed by atoms with Crippen molar-refractivity contribution in [3.63, 3.8) is 0 Å². The van der Waals surface area contributed by atoms with E-state index in [1.165, 1.54) is 0 Å². The highest BCUT2D eigenvalue weighted by atomic mass is 16.4. The third-order valence-corrected chi connectivity index (χ3v) is 7.61. The second-order valence-electron chi connectivity index (χ2n) is 10.1. The van der Waals surface area contributed by atoms with Gasteiger partial charge in [0.05, 0.1) is 10.8 Å². The summed E-state index contributed by atoms with van der Waals surface area (Å²) in [5.74, 6) is -1.44. The molecule has 1 aromatic carbocycles. The largest absolute Gasteiger partial charge is 0.504 e. The van der Waals surface area contributed by atoms with E-state index < -0.39 is 22.8 Å². The summed E-state index contributed by atoms with van der Waals surface area (Å²) >= 11 is 0. The van der Waals surface area contributed by atoms with Crippen LogP contribution in [-0.4, -0.2) is 32.4 Å². The van der Waals surface area contributed by atoms with E-state index in [4.69, 9.17) is 0 Å². The molecule has 0 heterocycles. The van der Waals surface area contributed by atoms with Gasteiger partial charge in [-0.1, -0.05) is 38.5 Å². The van der Waals surface area contributed by atoms with Crippen molar-refractivity contribution in [2.45, 2.75) is 103 Å². The fraction of sp³-hybridized carbons (Fsp3) is 0.692. The van der Waals surface area contributed by atoms with Crippen molar-refractivity contribution in [2.75, 3.05) is 0 Å². The van der Waals surface area contributed by atoms with Crippen LogP contribution in [0.1, 0.15) is 101 Å². The lowest BCUT2D eigenvalue weighted by atomic mass is 9.94. The molecule has 32 heavy (non-hydrogen) atoms. The molecule has 2 fully saturated rings. The molecule has 2 aliphatic carbocycles. The summed E-state index contributed by atoms with van der Waals surface area (Å²) in [7, 11) is 0. The number of carbonyl (C=O) groups is 2. The first-order valence-electron chi connectivity index (χ1n) is 12.3. The van der Waals surface area contributed by atoms with Crippen LogP contribution >= 0.6 is 0 Å². The minimum absolute atomic E-state index is 0.0794. The molecule has 2 saturated carbocycles. The van der Waals surface area contributed by atoms with Crippen LogP contribution in [0, 0.1) is 10.8 Å². The number of hydrogen-bond acceptors (Lipinski definition) is 4. The Kier molecular flexibility index (Phi) is 8.07. The molecule has 0 amide bonds. The van der Waals surface area contributed by atoms with E-state index in [0.29, 0.717) is 0 Å². The summed E-state index contributed by atoms with van der Waals surface area (Å²) in [5.41, 5.74) is 1.30. The summed E-state index contributed by atoms with van der Waals surface area (Å²) in [4.78, 5) is 22.5. The predicted molar refractivity (Wildman–Crippen MR) is 122 cm³/mol. The van der Waals surface area contributed by atoms with Gasteiger partial charge in [0, 0.05) is 0 Å². The molecular weight excluding hydrogens is 408 g/mol. The first-order chi connectivity index (χ1) is 15.3. The molecule has 178 valence electrons. The number of aryl methyl sites for hydroxylation is 2. The molecule has 0 spiro atoms. The predicted octanol–water partition coefficient (Wildman–Crippen LogP) is 5.81. The van der Waals surface area contributed by atoms with Crippen molar-refractivity contribution in [1.82, 2.24) is 0 Å². The second-order valence-corrected chi connectivity index (χ2v) is 10.1. The molecule has 6 nitrogen and oxygen atoms in total. The van der Waals surface area contributed by atoms with Gasteiger partial charge in [0.1, 0.15) is 0 Å². The van der Waals surface area contributed by atoms with Crippen LogP contribution < -0.4 is 0 Å². The van der Waals surface area contributed by atoms with Gasteiger partial charge in [0.2, 0.25) is 0 Å². The molecule has 0 bridgehead atoms. The number of phenols is 2. The van der Waals surface area contributed by atoms with E-state index >= 15 is 0 Å². The first kappa shape index (κ1) is 24.4. The first-order valence-corrected chi connectivity index (χ1v) is 12.3. The summed E-state index contributed by atoms with van der Waals surface area (Å²) in [6.45, 7) is 0. The Morgan fingerprint density at radius 1 is 0.625 bits per heavy atom. The fourth-order valence-corrected chi connectivity index (χ4v) is 4.84. The highest BCUT2D eigenvalue weighted by Crippen LogP contribution is 2.50. The molecule has 0 atom stereocenters. The van der Waals surface area contributed by atoms with Crippen molar-refractivity contribution in [3.05, 3.63) is 23.3 Å². The van der Waals surface area contributed by atoms with Crippen LogP contribution in [0.25, 0.3) is 0 Å². The maximum absolute atomic E-state index is 11.2. The molecule has 4 N–H and O–H groups in total. The zero-order valence-electron chi connectivity index (χ0n) is 19.1. The maximum atomic E-state index is 11.2. The Balaban J connectivity index is 1.35. The number of aromatic hydroxyl groups is 2. The molecule has 0 unspecified atom stereocenters. The quantitative estimate of drug-likeness (QED) is 0.188. The van der Waals surface area contributed by atoms with E-state index in [2.05, 4.69) is 0 Å². The average Bonchev–Trinajstić information content (AvgIpc) is 3.65. The highest BCUT2D eigenvalue weighted by Gasteiger charge is 2.49. The number of carboxylic acid groups (broad SMARTS) is 2. The van der Waals surface area contributed by atoms with Gasteiger partial charge in [0.15, 0.2) is 11.5 Å². The van der Waals surface area contributed by atoms with Crippen LogP contribution in [0.2, 0.25) is 0 Å². The molecule has 3 rings (SSSR count). The molecule has 0 radical (unpaired) electrons. The van der Waals surface area contributed by atoms with Crippen molar-refractivity contribution in [1.29, 1.82) is 0 Å². The Labute approximate surface area is 190 Å². The second kappa shape index (κ2) is 10.6. The number of aliphatic carboxylic acids is 2. The Hall–Kier alpha value is -2.24. The lowest BCUT2D eigenvalue weighted by Gasteiger charge is -2.13. The molecule has 0 aromatic heterocycles. The lowest BCUT2D eigenvalue weighted by molar-refractivity contribution is -0.144. The van der Waals surface area contributed by atoms with Gasteiger partial charge in [-0.15, -0.1) is 0 Å². The zero-order valence-corrected chi connectivity index (χ0v) is 19.1. The zero-order chi connectivity index (χ0) is 23.2. The van der Waals surface area contributed by atoms with E-state index in [9.17, 15) is 30.0 Å². The Morgan fingerprint density at radius 3 is 1.28 bits per heavy atom. The van der Waals surface area contributed by atoms with E-state index in [0.717, 1.165) is 114 Å². The van der Waals surface area contributed by atoms with Gasteiger partial charge in [0.25, 0.3) is 0 Å². The Morgan fingerprint density at radius 2 is 0.969 bits per heavy atom. The van der Waals surface area contributed by atoms with Gasteiger partial charge in [-0.3, -0.25) is 9.59 Å². The number of benzene rings is 1. The number of carboxylic acids is 2. The number of hydrogen-bond donors (Lipinski definition) is 4. The van der Waals surface area contributed by atoms with Crippen LogP contribution in [0.3, 0.4) is 0 Å². The van der Waals surface area contributed by atoms with Crippen molar-refractivity contribution >= 4 is 11.9 Å². The van der Waals surface area contributed by atoms with Crippen LogP contribution in [0.15, 0.2) is 12.1 Å². The standard InChI is InChI=1S/C26H38O6/c27-21-17-19(9-5-1-3-7-11-25(13-14-25)23(29)30)20(18-22(21)28)10-6-2-4-8-12-26(15-16-26)24(31)32/h17-18,27-28H,1-16H2,(H,29,30)(H,31,32). The summed E-state index contributed by atoms with van der Waals surface area (Å²) < 4.78 is 0. The van der Waals surface area contributed by atoms with Crippen molar-refractivity contribution < 1.29 is 30.0 Å². The minimum Gasteiger partial charge on any atom is -0.504 e. The van der Waals surface area contributed by atoms with Gasteiger partial charge >= 0.3 is 11.9 Å². The molecule has 1 aromatic rings. The number of unbranched alkanes of at least 4 members (excludes halogenated alkanes) is 6. The monoisotopic (exact) mass is 446 g/mol. The van der Waals surface area contributed by atoms with Gasteiger partial charge < -0.3 is 20.4 Å². The molecule has 0 aliphatic heterocycles. The molecule has 6 heteroatoms. The fourth-order valence-electron chi connectivity index (χ4n) is 4.84. The number of rotatable bonds is 16. The molecule has 0 saturated heterocycles. The van der Waals surface area contributed by atoms with Crippen molar-refractivity contribution in [2.24, 2.45) is 10.8 Å². The summed E-state index contributed by atoms with van der Waals surface area (Å²) in [5, 5.41) is 38.3. The number of phenolic OH excluding ortho intramolecular Hbond substituents is 2. The van der Waals surface area contributed by atoms with Gasteiger partial charge in [-0.05, 0) is 87.5 Å². The lowest BCUT2D eigenvalue weighted by Crippen LogP contribution is -2.14. The van der Waals surface area contributed by atoms with Crippen LogP contribution in [0.5, 0.6) is 11.5 Å². The SMILES string of the molecule is O=C(O)C1(CCCCCCc2cc(O)c(O)cc2CCCCCCC2(C(=O)O)CC2)CC1. The minimum atomic E-state index is -0.643. The van der Waals surface area contributed by atoms with E-state index in [1.54, 1.807) is 12.1 Å². The van der Waals surface area contributed by atoms with Crippen LogP contribution in [0.4, 0.5) is 0 Å². The molecule has 2 aliphatic rings. The normalized spacial score (nSPS) is 17.8. The summed E-state index contributed by atoms with van der Waals surface area (Å²) in [6, 6.07) is 3.36. The van der Waals surface area contributed by atoms with Crippen LogP contribution in [-0.2, 0) is 22.4 Å². The molecular formula is C26H38O6. The average molecular weight is 447 g/mol. The maximum Gasteiger partial charge on any atom is 0.309 e. The van der Waals surface area contributed by atoms with Gasteiger partial charge in [-0.2, -0.15) is 0 Å². The third-order valence-electron chi connectivity index (χ3n) is 7.61. The Bertz CT molecular complexity index is 740. The van der Waals surface area contributed by atoms with Gasteiger partial charge in [-0.25, -0.2) is 0 Å². The topological polar surface area (TPSA) is 115 Å². The highest BCUT2D eigenvalue weighted by molar-refractivity contribution is 5.78. The smallest absolute Gasteiger partial charge is 0.309 e. The van der Waals surface area contributed by atoms with Crippen molar-refractivity contribution in [3.8, 4) is 11.5 Å². The summed E-state index contributed by atoms with van der Waals surface area (Å²) in [6.07, 6.45) is 14.5.